The van der Waals surface area contributed by atoms with Crippen molar-refractivity contribution < 1.29 is 24.2 Å². The first kappa shape index (κ1) is 25.5. The van der Waals surface area contributed by atoms with Crippen LogP contribution in [-0.4, -0.2) is 41.2 Å². The van der Waals surface area contributed by atoms with Gasteiger partial charge in [-0.15, -0.1) is 11.3 Å². The summed E-state index contributed by atoms with van der Waals surface area (Å²) >= 11 is 1.28. The Bertz CT molecular complexity index is 1060. The molecule has 0 spiro atoms. The van der Waals surface area contributed by atoms with Crippen molar-refractivity contribution in [3.05, 3.63) is 34.2 Å². The highest BCUT2D eigenvalue weighted by Gasteiger charge is 2.43. The SMILES string of the molecule is COc1cc(O[C@H]2C[C@H](N(c3cc(C(C)(C)C)sc3C(=O)O)C(=O)[C@H]3CC[C@H](C)CC3)C2)ccn1. The van der Waals surface area contributed by atoms with Gasteiger partial charge < -0.3 is 19.5 Å². The Hall–Kier alpha value is -2.61. The summed E-state index contributed by atoms with van der Waals surface area (Å²) in [5, 5.41) is 10.0. The number of pyridine rings is 1. The highest BCUT2D eigenvalue weighted by Crippen LogP contribution is 2.43. The molecule has 2 fully saturated rings. The number of amides is 1. The molecule has 1 amide bonds. The van der Waals surface area contributed by atoms with E-state index in [4.69, 9.17) is 9.47 Å². The van der Waals surface area contributed by atoms with E-state index in [-0.39, 0.29) is 34.3 Å². The molecule has 1 N–H and O–H groups in total. The molecular weight excluding hydrogens is 464 g/mol. The molecule has 0 aromatic carbocycles. The molecule has 2 aliphatic rings. The Labute approximate surface area is 211 Å². The number of aromatic nitrogens is 1. The average molecular weight is 501 g/mol. The Balaban J connectivity index is 1.59. The van der Waals surface area contributed by atoms with Crippen molar-refractivity contribution in [2.24, 2.45) is 11.8 Å². The zero-order valence-electron chi connectivity index (χ0n) is 21.2. The van der Waals surface area contributed by atoms with Crippen molar-refractivity contribution in [3.63, 3.8) is 0 Å². The Kier molecular flexibility index (Phi) is 7.40. The van der Waals surface area contributed by atoms with Crippen molar-refractivity contribution in [1.82, 2.24) is 4.98 Å². The maximum Gasteiger partial charge on any atom is 0.348 e. The van der Waals surface area contributed by atoms with Crippen LogP contribution in [0.15, 0.2) is 24.4 Å². The molecule has 0 saturated heterocycles. The van der Waals surface area contributed by atoms with E-state index in [2.05, 4.69) is 32.7 Å². The van der Waals surface area contributed by atoms with Gasteiger partial charge in [-0.2, -0.15) is 0 Å². The second-order valence-electron chi connectivity index (χ2n) is 10.9. The predicted octanol–water partition coefficient (Wildman–Crippen LogP) is 5.92. The van der Waals surface area contributed by atoms with Crippen LogP contribution in [0.1, 0.15) is 80.8 Å². The summed E-state index contributed by atoms with van der Waals surface area (Å²) in [6.45, 7) is 8.44. The van der Waals surface area contributed by atoms with Gasteiger partial charge in [0.1, 0.15) is 16.7 Å². The Morgan fingerprint density at radius 2 is 1.83 bits per heavy atom. The molecule has 0 radical (unpaired) electrons. The van der Waals surface area contributed by atoms with Crippen LogP contribution in [0.5, 0.6) is 11.6 Å². The molecule has 2 aliphatic carbocycles. The number of methoxy groups -OCH3 is 1. The van der Waals surface area contributed by atoms with Crippen LogP contribution in [0.3, 0.4) is 0 Å². The van der Waals surface area contributed by atoms with Gasteiger partial charge >= 0.3 is 5.97 Å². The molecule has 4 rings (SSSR count). The minimum atomic E-state index is -0.980. The summed E-state index contributed by atoms with van der Waals surface area (Å²) in [5.41, 5.74) is 0.346. The second kappa shape index (κ2) is 10.2. The highest BCUT2D eigenvalue weighted by molar-refractivity contribution is 7.14. The minimum absolute atomic E-state index is 0.0530. The lowest BCUT2D eigenvalue weighted by Gasteiger charge is -2.44. The lowest BCUT2D eigenvalue weighted by molar-refractivity contribution is -0.124. The number of carboxylic acid groups (broad SMARTS) is 1. The number of rotatable bonds is 7. The number of aromatic carboxylic acids is 1. The van der Waals surface area contributed by atoms with Gasteiger partial charge in [0.25, 0.3) is 0 Å². The standard InChI is InChI=1S/C27H36N2O5S/c1-16-6-8-17(9-7-16)25(30)29(21-15-22(27(2,3)4)35-24(21)26(31)32)18-12-20(13-18)34-19-10-11-28-23(14-19)33-5/h10-11,14-18,20H,6-9,12-13H2,1-5H3,(H,31,32)/t16-,17-,18-,20-. The number of carboxylic acids is 1. The van der Waals surface area contributed by atoms with E-state index < -0.39 is 5.97 Å². The third kappa shape index (κ3) is 5.63. The number of carbonyl (C=O) groups is 2. The van der Waals surface area contributed by atoms with Gasteiger partial charge in [0, 0.05) is 41.9 Å². The van der Waals surface area contributed by atoms with Crippen LogP contribution in [-0.2, 0) is 10.2 Å². The molecular formula is C27H36N2O5S. The fourth-order valence-electron chi connectivity index (χ4n) is 4.90. The molecule has 190 valence electrons. The second-order valence-corrected chi connectivity index (χ2v) is 12.0. The summed E-state index contributed by atoms with van der Waals surface area (Å²) < 4.78 is 11.3. The number of ether oxygens (including phenoxy) is 2. The van der Waals surface area contributed by atoms with Gasteiger partial charge in [-0.05, 0) is 49.1 Å². The topological polar surface area (TPSA) is 89.0 Å². The fourth-order valence-corrected chi connectivity index (χ4v) is 5.94. The molecule has 2 heterocycles. The molecule has 7 nitrogen and oxygen atoms in total. The lowest BCUT2D eigenvalue weighted by atomic mass is 9.80. The van der Waals surface area contributed by atoms with Crippen LogP contribution in [0.25, 0.3) is 0 Å². The van der Waals surface area contributed by atoms with E-state index in [0.717, 1.165) is 30.6 Å². The lowest BCUT2D eigenvalue weighted by Crippen LogP contribution is -2.54. The molecule has 35 heavy (non-hydrogen) atoms. The van der Waals surface area contributed by atoms with Gasteiger partial charge in [0.05, 0.1) is 12.8 Å². The number of hydrogen-bond acceptors (Lipinski definition) is 6. The van der Waals surface area contributed by atoms with Crippen molar-refractivity contribution >= 4 is 28.9 Å². The summed E-state index contributed by atoms with van der Waals surface area (Å²) in [6.07, 6.45) is 6.68. The van der Waals surface area contributed by atoms with Crippen molar-refractivity contribution in [3.8, 4) is 11.6 Å². The van der Waals surface area contributed by atoms with E-state index in [0.29, 0.717) is 36.1 Å². The molecule has 8 heteroatoms. The summed E-state index contributed by atoms with van der Waals surface area (Å²) in [5.74, 6) is 0.820. The smallest absolute Gasteiger partial charge is 0.348 e. The van der Waals surface area contributed by atoms with Gasteiger partial charge in [-0.1, -0.05) is 27.7 Å². The van der Waals surface area contributed by atoms with E-state index in [1.807, 2.05) is 11.0 Å². The van der Waals surface area contributed by atoms with Crippen molar-refractivity contribution in [2.45, 2.75) is 83.8 Å². The normalized spacial score (nSPS) is 24.4. The van der Waals surface area contributed by atoms with Crippen LogP contribution in [0.4, 0.5) is 5.69 Å². The number of hydrogen-bond donors (Lipinski definition) is 1. The van der Waals surface area contributed by atoms with Crippen molar-refractivity contribution in [1.29, 1.82) is 0 Å². The van der Waals surface area contributed by atoms with Gasteiger partial charge in [-0.25, -0.2) is 9.78 Å². The Morgan fingerprint density at radius 3 is 2.43 bits per heavy atom. The van der Waals surface area contributed by atoms with Gasteiger partial charge in [-0.3, -0.25) is 4.79 Å². The van der Waals surface area contributed by atoms with Crippen LogP contribution < -0.4 is 14.4 Å². The Morgan fingerprint density at radius 1 is 1.14 bits per heavy atom. The predicted molar refractivity (Wildman–Crippen MR) is 137 cm³/mol. The molecule has 0 aliphatic heterocycles. The largest absolute Gasteiger partial charge is 0.490 e. The molecule has 2 aromatic heterocycles. The maximum atomic E-state index is 13.9. The zero-order valence-corrected chi connectivity index (χ0v) is 22.1. The van der Waals surface area contributed by atoms with Gasteiger partial charge in [0.15, 0.2) is 0 Å². The molecule has 0 bridgehead atoms. The van der Waals surface area contributed by atoms with E-state index in [9.17, 15) is 14.7 Å². The third-order valence-electron chi connectivity index (χ3n) is 7.16. The molecule has 2 saturated carbocycles. The number of carbonyl (C=O) groups excluding carboxylic acids is 1. The number of nitrogens with zero attached hydrogens (tertiary/aromatic N) is 2. The zero-order chi connectivity index (χ0) is 25.3. The van der Waals surface area contributed by atoms with E-state index >= 15 is 0 Å². The quantitative estimate of drug-likeness (QED) is 0.508. The average Bonchev–Trinajstić information content (AvgIpc) is 3.24. The van der Waals surface area contributed by atoms with Crippen LogP contribution in [0.2, 0.25) is 0 Å². The van der Waals surface area contributed by atoms with E-state index in [1.54, 1.807) is 25.4 Å². The third-order valence-corrected chi connectivity index (χ3v) is 8.70. The molecule has 0 unspecified atom stereocenters. The minimum Gasteiger partial charge on any atom is -0.490 e. The van der Waals surface area contributed by atoms with Crippen LogP contribution in [0, 0.1) is 11.8 Å². The summed E-state index contributed by atoms with van der Waals surface area (Å²) in [4.78, 5) is 33.3. The first-order chi connectivity index (χ1) is 16.6. The first-order valence-corrected chi connectivity index (χ1v) is 13.3. The van der Waals surface area contributed by atoms with E-state index in [1.165, 1.54) is 11.3 Å². The number of anilines is 1. The summed E-state index contributed by atoms with van der Waals surface area (Å²) in [7, 11) is 1.56. The molecule has 0 atom stereocenters. The number of thiophene rings is 1. The monoisotopic (exact) mass is 500 g/mol. The van der Waals surface area contributed by atoms with Crippen LogP contribution >= 0.6 is 11.3 Å². The first-order valence-electron chi connectivity index (χ1n) is 12.4. The van der Waals surface area contributed by atoms with Crippen molar-refractivity contribution in [2.75, 3.05) is 12.0 Å². The van der Waals surface area contributed by atoms with Gasteiger partial charge in [0.2, 0.25) is 11.8 Å². The fraction of sp³-hybridized carbons (Fsp3) is 0.593. The summed E-state index contributed by atoms with van der Waals surface area (Å²) in [6, 6.07) is 5.38. The maximum absolute atomic E-state index is 13.9. The molecule has 2 aromatic rings. The highest BCUT2D eigenvalue weighted by atomic mass is 32.1.